The van der Waals surface area contributed by atoms with Crippen molar-refractivity contribution in [3.8, 4) is 6.07 Å². The summed E-state index contributed by atoms with van der Waals surface area (Å²) >= 11 is 0. The molecule has 0 saturated heterocycles. The zero-order valence-corrected chi connectivity index (χ0v) is 7.63. The quantitative estimate of drug-likeness (QED) is 0.614. The van der Waals surface area contributed by atoms with Crippen LogP contribution in [0, 0.1) is 11.3 Å². The Bertz CT molecular complexity index is 200. The summed E-state index contributed by atoms with van der Waals surface area (Å²) in [6, 6.07) is 0.995. The number of carbonyl (C=O) groups excluding carboxylic acids is 1. The molecule has 0 saturated carbocycles. The number of nitrogens with zero attached hydrogens (tertiary/aromatic N) is 1. The summed E-state index contributed by atoms with van der Waals surface area (Å²) in [7, 11) is 0. The van der Waals surface area contributed by atoms with Crippen LogP contribution in [0.2, 0.25) is 0 Å². The van der Waals surface area contributed by atoms with Crippen LogP contribution in [-0.4, -0.2) is 17.6 Å². The highest BCUT2D eigenvalue weighted by Crippen LogP contribution is 2.08. The van der Waals surface area contributed by atoms with E-state index < -0.39 is 17.6 Å². The van der Waals surface area contributed by atoms with Gasteiger partial charge in [0.25, 0.3) is 0 Å². The van der Waals surface area contributed by atoms with Crippen molar-refractivity contribution in [3.63, 3.8) is 0 Å². The maximum Gasteiger partial charge on any atom is 0.308 e. The summed E-state index contributed by atoms with van der Waals surface area (Å²) < 4.78 is 4.94. The second-order valence-electron chi connectivity index (χ2n) is 3.53. The highest BCUT2D eigenvalue weighted by molar-refractivity contribution is 5.71. The maximum absolute atomic E-state index is 11.0. The van der Waals surface area contributed by atoms with Gasteiger partial charge in [0.2, 0.25) is 0 Å². The number of nitriles is 1. The minimum atomic E-state index is -0.764. The van der Waals surface area contributed by atoms with E-state index in [0.717, 1.165) is 0 Å². The molecule has 1 atom stereocenters. The Morgan fingerprint density at radius 2 is 2.17 bits per heavy atom. The number of nitrogens with two attached hydrogens (primary N) is 1. The van der Waals surface area contributed by atoms with E-state index in [1.165, 1.54) is 0 Å². The van der Waals surface area contributed by atoms with Crippen LogP contribution < -0.4 is 5.73 Å². The number of rotatable bonds is 2. The lowest BCUT2D eigenvalue weighted by Gasteiger charge is -2.19. The Morgan fingerprint density at radius 1 is 1.67 bits per heavy atom. The van der Waals surface area contributed by atoms with E-state index in [-0.39, 0.29) is 6.42 Å². The van der Waals surface area contributed by atoms with Crippen molar-refractivity contribution in [2.45, 2.75) is 38.8 Å². The Balaban J connectivity index is 3.85. The van der Waals surface area contributed by atoms with E-state index >= 15 is 0 Å². The third-order valence-corrected chi connectivity index (χ3v) is 0.972. The zero-order chi connectivity index (χ0) is 9.78. The summed E-state index contributed by atoms with van der Waals surface area (Å²) in [5, 5.41) is 8.30. The Kier molecular flexibility index (Phi) is 3.71. The summed E-state index contributed by atoms with van der Waals surface area (Å²) in [4.78, 5) is 11.0. The third kappa shape index (κ3) is 5.69. The molecule has 4 heteroatoms. The van der Waals surface area contributed by atoms with Crippen molar-refractivity contribution in [2.75, 3.05) is 0 Å². The van der Waals surface area contributed by atoms with E-state index in [0.29, 0.717) is 0 Å². The average molecular weight is 170 g/mol. The molecule has 0 rings (SSSR count). The molecular formula is C8H14N2O2. The maximum atomic E-state index is 11.0. The van der Waals surface area contributed by atoms with Crippen LogP contribution in [0.1, 0.15) is 27.2 Å². The van der Waals surface area contributed by atoms with E-state index in [4.69, 9.17) is 15.7 Å². The first-order valence-electron chi connectivity index (χ1n) is 3.72. The van der Waals surface area contributed by atoms with Crippen LogP contribution in [0.5, 0.6) is 0 Å². The van der Waals surface area contributed by atoms with Gasteiger partial charge in [-0.15, -0.1) is 0 Å². The SMILES string of the molecule is CC(C)(C)OC(=O)C[C@H](N)C#N. The molecule has 2 N–H and O–H groups in total. The monoisotopic (exact) mass is 170 g/mol. The molecule has 0 aliphatic heterocycles. The van der Waals surface area contributed by atoms with Gasteiger partial charge < -0.3 is 10.5 Å². The molecule has 0 aliphatic carbocycles. The normalized spacial score (nSPS) is 13.2. The number of carbonyl (C=O) groups is 1. The Morgan fingerprint density at radius 3 is 2.50 bits per heavy atom. The first kappa shape index (κ1) is 10.9. The molecule has 0 aromatic rings. The lowest BCUT2D eigenvalue weighted by molar-refractivity contribution is -0.154. The van der Waals surface area contributed by atoms with Crippen LogP contribution in [0.15, 0.2) is 0 Å². The average Bonchev–Trinajstić information content (AvgIpc) is 1.82. The second-order valence-corrected chi connectivity index (χ2v) is 3.53. The van der Waals surface area contributed by atoms with Crippen LogP contribution in [-0.2, 0) is 9.53 Å². The smallest absolute Gasteiger partial charge is 0.308 e. The fourth-order valence-corrected chi connectivity index (χ4v) is 0.608. The Hall–Kier alpha value is -1.08. The fourth-order valence-electron chi connectivity index (χ4n) is 0.608. The van der Waals surface area contributed by atoms with Gasteiger partial charge in [-0.2, -0.15) is 5.26 Å². The third-order valence-electron chi connectivity index (χ3n) is 0.972. The summed E-state index contributed by atoms with van der Waals surface area (Å²) in [5.74, 6) is -0.434. The van der Waals surface area contributed by atoms with Crippen molar-refractivity contribution in [3.05, 3.63) is 0 Å². The number of ether oxygens (including phenoxy) is 1. The van der Waals surface area contributed by atoms with E-state index in [9.17, 15) is 4.79 Å². The predicted molar refractivity (Wildman–Crippen MR) is 44.1 cm³/mol. The molecule has 0 fully saturated rings. The molecule has 68 valence electrons. The van der Waals surface area contributed by atoms with Crippen molar-refractivity contribution < 1.29 is 9.53 Å². The number of esters is 1. The first-order chi connectivity index (χ1) is 5.35. The van der Waals surface area contributed by atoms with Crippen molar-refractivity contribution in [1.82, 2.24) is 0 Å². The molecular weight excluding hydrogens is 156 g/mol. The largest absolute Gasteiger partial charge is 0.460 e. The summed E-state index contributed by atoms with van der Waals surface area (Å²) in [6.45, 7) is 5.30. The summed E-state index contributed by atoms with van der Waals surface area (Å²) in [6.07, 6.45) is -0.0478. The molecule has 0 amide bonds. The van der Waals surface area contributed by atoms with Gasteiger partial charge in [0.05, 0.1) is 12.5 Å². The van der Waals surface area contributed by atoms with Crippen LogP contribution in [0.25, 0.3) is 0 Å². The van der Waals surface area contributed by atoms with Crippen molar-refractivity contribution >= 4 is 5.97 Å². The molecule has 0 aromatic carbocycles. The molecule has 4 nitrogen and oxygen atoms in total. The lowest BCUT2D eigenvalue weighted by Crippen LogP contribution is -2.29. The van der Waals surface area contributed by atoms with Crippen LogP contribution in [0.3, 0.4) is 0 Å². The van der Waals surface area contributed by atoms with Crippen LogP contribution >= 0.6 is 0 Å². The van der Waals surface area contributed by atoms with E-state index in [2.05, 4.69) is 0 Å². The zero-order valence-electron chi connectivity index (χ0n) is 7.63. The molecule has 0 bridgehead atoms. The fraction of sp³-hybridized carbons (Fsp3) is 0.750. The molecule has 0 spiro atoms. The van der Waals surface area contributed by atoms with Crippen molar-refractivity contribution in [2.24, 2.45) is 5.73 Å². The van der Waals surface area contributed by atoms with Gasteiger partial charge in [-0.3, -0.25) is 4.79 Å². The topological polar surface area (TPSA) is 76.1 Å². The highest BCUT2D eigenvalue weighted by atomic mass is 16.6. The van der Waals surface area contributed by atoms with Gasteiger partial charge in [-0.1, -0.05) is 0 Å². The standard InChI is InChI=1S/C8H14N2O2/c1-8(2,3)12-7(11)4-6(10)5-9/h6H,4,10H2,1-3H3/t6-/m0/s1. The molecule has 0 radical (unpaired) electrons. The minimum Gasteiger partial charge on any atom is -0.460 e. The van der Waals surface area contributed by atoms with Gasteiger partial charge in [-0.05, 0) is 20.8 Å². The van der Waals surface area contributed by atoms with Gasteiger partial charge in [0.1, 0.15) is 11.6 Å². The lowest BCUT2D eigenvalue weighted by atomic mass is 10.2. The molecule has 0 aromatic heterocycles. The molecule has 12 heavy (non-hydrogen) atoms. The molecule has 0 heterocycles. The molecule has 0 unspecified atom stereocenters. The second kappa shape index (κ2) is 4.07. The van der Waals surface area contributed by atoms with Gasteiger partial charge in [0.15, 0.2) is 0 Å². The number of hydrogen-bond acceptors (Lipinski definition) is 4. The highest BCUT2D eigenvalue weighted by Gasteiger charge is 2.18. The Labute approximate surface area is 72.3 Å². The van der Waals surface area contributed by atoms with Crippen LogP contribution in [0.4, 0.5) is 0 Å². The van der Waals surface area contributed by atoms with E-state index in [1.807, 2.05) is 0 Å². The summed E-state index contributed by atoms with van der Waals surface area (Å²) in [5.41, 5.74) is 4.72. The van der Waals surface area contributed by atoms with Crippen molar-refractivity contribution in [1.29, 1.82) is 5.26 Å². The number of hydrogen-bond donors (Lipinski definition) is 1. The minimum absolute atomic E-state index is 0.0478. The molecule has 0 aliphatic rings. The predicted octanol–water partition coefficient (Wildman–Crippen LogP) is 0.569. The van der Waals surface area contributed by atoms with E-state index in [1.54, 1.807) is 26.8 Å². The van der Waals surface area contributed by atoms with Gasteiger partial charge >= 0.3 is 5.97 Å². The van der Waals surface area contributed by atoms with Gasteiger partial charge in [0, 0.05) is 0 Å². The first-order valence-corrected chi connectivity index (χ1v) is 3.72. The van der Waals surface area contributed by atoms with Gasteiger partial charge in [-0.25, -0.2) is 0 Å².